The number of hydrogen-bond donors (Lipinski definition) is 0. The molecular weight excluding hydrogens is 406 g/mol. The summed E-state index contributed by atoms with van der Waals surface area (Å²) in [4.78, 5) is 30.4. The SMILES string of the molecule is COc1cc(=O)n2c(c1C(=O)N(C)C(C)c1ccco1)CCN(Cc1ccccc1)CC2. The number of carbonyl (C=O) groups is 1. The Morgan fingerprint density at radius 2 is 1.94 bits per heavy atom. The first-order valence-electron chi connectivity index (χ1n) is 10.9. The molecule has 168 valence electrons. The third kappa shape index (κ3) is 4.34. The molecule has 7 heteroatoms. The summed E-state index contributed by atoms with van der Waals surface area (Å²) in [7, 11) is 3.24. The van der Waals surface area contributed by atoms with E-state index in [1.54, 1.807) is 28.8 Å². The molecule has 2 aromatic heterocycles. The Morgan fingerprint density at radius 3 is 2.62 bits per heavy atom. The van der Waals surface area contributed by atoms with Crippen LogP contribution in [-0.2, 0) is 19.5 Å². The lowest BCUT2D eigenvalue weighted by atomic mass is 10.1. The van der Waals surface area contributed by atoms with E-state index in [4.69, 9.17) is 9.15 Å². The van der Waals surface area contributed by atoms with Crippen molar-refractivity contribution in [2.45, 2.75) is 32.5 Å². The minimum atomic E-state index is -0.254. The molecule has 0 bridgehead atoms. The number of pyridine rings is 1. The molecule has 3 aromatic rings. The van der Waals surface area contributed by atoms with E-state index in [0.717, 1.165) is 25.3 Å². The fraction of sp³-hybridized carbons (Fsp3) is 0.360. The highest BCUT2D eigenvalue weighted by atomic mass is 16.5. The standard InChI is InChI=1S/C25H29N3O4/c1-18(21-10-7-15-32-21)26(2)25(30)24-20-11-12-27(17-19-8-5-4-6-9-19)13-14-28(20)23(29)16-22(24)31-3/h4-10,15-16,18H,11-14,17H2,1-3H3. The van der Waals surface area contributed by atoms with Crippen molar-refractivity contribution in [3.8, 4) is 5.75 Å². The van der Waals surface area contributed by atoms with Crippen LogP contribution in [0.3, 0.4) is 0 Å². The normalized spacial score (nSPS) is 15.0. The molecule has 0 radical (unpaired) electrons. The molecule has 0 fully saturated rings. The van der Waals surface area contributed by atoms with Gasteiger partial charge in [0.25, 0.3) is 11.5 Å². The zero-order valence-electron chi connectivity index (χ0n) is 18.8. The number of methoxy groups -OCH3 is 1. The zero-order chi connectivity index (χ0) is 22.7. The van der Waals surface area contributed by atoms with Crippen LogP contribution in [0.1, 0.15) is 40.3 Å². The molecule has 1 aliphatic rings. The maximum absolute atomic E-state index is 13.6. The summed E-state index contributed by atoms with van der Waals surface area (Å²) < 4.78 is 12.7. The number of rotatable bonds is 6. The van der Waals surface area contributed by atoms with E-state index in [-0.39, 0.29) is 17.5 Å². The summed E-state index contributed by atoms with van der Waals surface area (Å²) in [5, 5.41) is 0. The van der Waals surface area contributed by atoms with E-state index in [2.05, 4.69) is 17.0 Å². The monoisotopic (exact) mass is 435 g/mol. The predicted molar refractivity (Wildman–Crippen MR) is 122 cm³/mol. The third-order valence-corrected chi connectivity index (χ3v) is 6.23. The average Bonchev–Trinajstić information content (AvgIpc) is 3.27. The second-order valence-corrected chi connectivity index (χ2v) is 8.14. The van der Waals surface area contributed by atoms with E-state index in [0.29, 0.717) is 30.0 Å². The molecule has 1 aliphatic heterocycles. The number of aromatic nitrogens is 1. The summed E-state index contributed by atoms with van der Waals surface area (Å²) in [5.74, 6) is 0.834. The van der Waals surface area contributed by atoms with Gasteiger partial charge in [0.1, 0.15) is 17.1 Å². The van der Waals surface area contributed by atoms with Crippen LogP contribution in [-0.4, -0.2) is 47.5 Å². The number of ether oxygens (including phenoxy) is 1. The molecular formula is C25H29N3O4. The largest absolute Gasteiger partial charge is 0.496 e. The first-order chi connectivity index (χ1) is 15.5. The van der Waals surface area contributed by atoms with Gasteiger partial charge >= 0.3 is 0 Å². The van der Waals surface area contributed by atoms with Crippen LogP contribution in [0.2, 0.25) is 0 Å². The summed E-state index contributed by atoms with van der Waals surface area (Å²) in [6.07, 6.45) is 2.18. The molecule has 0 N–H and O–H groups in total. The molecule has 0 saturated carbocycles. The molecule has 32 heavy (non-hydrogen) atoms. The second-order valence-electron chi connectivity index (χ2n) is 8.14. The minimum absolute atomic E-state index is 0.142. The van der Waals surface area contributed by atoms with Crippen molar-refractivity contribution in [1.82, 2.24) is 14.4 Å². The Bertz CT molecular complexity index is 1120. The first-order valence-corrected chi connectivity index (χ1v) is 10.9. The summed E-state index contributed by atoms with van der Waals surface area (Å²) in [5.41, 5.74) is 2.27. The highest BCUT2D eigenvalue weighted by molar-refractivity contribution is 5.98. The Balaban J connectivity index is 1.65. The number of hydrogen-bond acceptors (Lipinski definition) is 5. The van der Waals surface area contributed by atoms with Gasteiger partial charge in [-0.15, -0.1) is 0 Å². The molecule has 4 rings (SSSR count). The van der Waals surface area contributed by atoms with E-state index in [1.807, 2.05) is 31.2 Å². The predicted octanol–water partition coefficient (Wildman–Crippen LogP) is 3.34. The van der Waals surface area contributed by atoms with Crippen molar-refractivity contribution in [1.29, 1.82) is 0 Å². The van der Waals surface area contributed by atoms with Gasteiger partial charge in [-0.1, -0.05) is 30.3 Å². The van der Waals surface area contributed by atoms with Crippen LogP contribution in [0.5, 0.6) is 5.75 Å². The number of fused-ring (bicyclic) bond motifs is 1. The van der Waals surface area contributed by atoms with Crippen molar-refractivity contribution < 1.29 is 13.9 Å². The molecule has 1 unspecified atom stereocenters. The lowest BCUT2D eigenvalue weighted by Gasteiger charge is -2.26. The molecule has 1 amide bonds. The quantitative estimate of drug-likeness (QED) is 0.594. The zero-order valence-corrected chi connectivity index (χ0v) is 18.8. The van der Waals surface area contributed by atoms with Gasteiger partial charge in [0, 0.05) is 51.4 Å². The number of amides is 1. The highest BCUT2D eigenvalue weighted by Crippen LogP contribution is 2.28. The van der Waals surface area contributed by atoms with Crippen LogP contribution in [0.25, 0.3) is 0 Å². The first kappa shape index (κ1) is 21.9. The number of benzene rings is 1. The average molecular weight is 436 g/mol. The van der Waals surface area contributed by atoms with Gasteiger partial charge in [-0.25, -0.2) is 0 Å². The van der Waals surface area contributed by atoms with Gasteiger partial charge in [0.15, 0.2) is 0 Å². The van der Waals surface area contributed by atoms with Gasteiger partial charge in [-0.2, -0.15) is 0 Å². The topological polar surface area (TPSA) is 67.9 Å². The second kappa shape index (κ2) is 9.44. The summed E-state index contributed by atoms with van der Waals surface area (Å²) in [6.45, 7) is 4.74. The Morgan fingerprint density at radius 1 is 1.16 bits per heavy atom. The van der Waals surface area contributed by atoms with Gasteiger partial charge < -0.3 is 18.6 Å². The van der Waals surface area contributed by atoms with Crippen molar-refractivity contribution in [2.75, 3.05) is 27.2 Å². The Kier molecular flexibility index (Phi) is 6.46. The van der Waals surface area contributed by atoms with Crippen LogP contribution in [0.4, 0.5) is 0 Å². The highest BCUT2D eigenvalue weighted by Gasteiger charge is 2.29. The van der Waals surface area contributed by atoms with Gasteiger partial charge in [-0.05, 0) is 24.6 Å². The molecule has 7 nitrogen and oxygen atoms in total. The number of furan rings is 1. The molecule has 1 atom stereocenters. The fourth-order valence-electron chi connectivity index (χ4n) is 4.26. The maximum atomic E-state index is 13.6. The number of carbonyl (C=O) groups excluding carboxylic acids is 1. The van der Waals surface area contributed by atoms with E-state index in [9.17, 15) is 9.59 Å². The van der Waals surface area contributed by atoms with Crippen molar-refractivity contribution >= 4 is 5.91 Å². The lowest BCUT2D eigenvalue weighted by Crippen LogP contribution is -2.34. The third-order valence-electron chi connectivity index (χ3n) is 6.23. The molecule has 1 aromatic carbocycles. The van der Waals surface area contributed by atoms with Crippen molar-refractivity contribution in [3.05, 3.63) is 87.7 Å². The van der Waals surface area contributed by atoms with Crippen LogP contribution in [0.15, 0.2) is 64.0 Å². The summed E-state index contributed by atoms with van der Waals surface area (Å²) >= 11 is 0. The fourth-order valence-corrected chi connectivity index (χ4v) is 4.26. The summed E-state index contributed by atoms with van der Waals surface area (Å²) in [6, 6.07) is 15.1. The van der Waals surface area contributed by atoms with Crippen molar-refractivity contribution in [3.63, 3.8) is 0 Å². The van der Waals surface area contributed by atoms with Crippen molar-refractivity contribution in [2.24, 2.45) is 0 Å². The van der Waals surface area contributed by atoms with Crippen LogP contribution >= 0.6 is 0 Å². The Hall–Kier alpha value is -3.32. The lowest BCUT2D eigenvalue weighted by molar-refractivity contribution is 0.0720. The molecule has 0 spiro atoms. The molecule has 0 saturated heterocycles. The van der Waals surface area contributed by atoms with Gasteiger partial charge in [-0.3, -0.25) is 14.5 Å². The molecule has 3 heterocycles. The van der Waals surface area contributed by atoms with E-state index >= 15 is 0 Å². The minimum Gasteiger partial charge on any atom is -0.496 e. The van der Waals surface area contributed by atoms with Crippen LogP contribution < -0.4 is 10.3 Å². The van der Waals surface area contributed by atoms with Crippen LogP contribution in [0, 0.1) is 0 Å². The van der Waals surface area contributed by atoms with E-state index in [1.165, 1.54) is 18.7 Å². The smallest absolute Gasteiger partial charge is 0.259 e. The van der Waals surface area contributed by atoms with E-state index < -0.39 is 0 Å². The van der Waals surface area contributed by atoms with Gasteiger partial charge in [0.2, 0.25) is 0 Å². The Labute approximate surface area is 187 Å². The number of nitrogens with zero attached hydrogens (tertiary/aromatic N) is 3. The van der Waals surface area contributed by atoms with Gasteiger partial charge in [0.05, 0.1) is 19.4 Å². The maximum Gasteiger partial charge on any atom is 0.259 e. The molecule has 0 aliphatic carbocycles.